The van der Waals surface area contributed by atoms with Crippen LogP contribution in [0.2, 0.25) is 0 Å². The molecule has 0 saturated heterocycles. The number of nitrogens with two attached hydrogens (primary N) is 1. The summed E-state index contributed by atoms with van der Waals surface area (Å²) in [5.74, 6) is -0.0995. The fourth-order valence-corrected chi connectivity index (χ4v) is 2.19. The fraction of sp³-hybridized carbons (Fsp3) is 0.0833. The van der Waals surface area contributed by atoms with Crippen molar-refractivity contribution in [2.24, 2.45) is 5.73 Å². The molecule has 0 fully saturated rings. The number of thiazole rings is 1. The summed E-state index contributed by atoms with van der Waals surface area (Å²) in [4.78, 5) is 18.5. The molecule has 2 rings (SSSR count). The van der Waals surface area contributed by atoms with Crippen molar-refractivity contribution >= 4 is 40.1 Å². The molecule has 0 saturated carbocycles. The van der Waals surface area contributed by atoms with Crippen LogP contribution in [0.5, 0.6) is 0 Å². The van der Waals surface area contributed by atoms with Gasteiger partial charge in [-0.25, -0.2) is 0 Å². The van der Waals surface area contributed by atoms with E-state index in [9.17, 15) is 4.79 Å². The molecule has 1 amide bonds. The standard InChI is InChI=1S/C12H11N3OS2/c1-15(12(16)10-6-14-7-18-10)9-4-2-3-8(5-9)11(13)17/h2-7H,1H3,(H2,13,17). The van der Waals surface area contributed by atoms with Gasteiger partial charge >= 0.3 is 0 Å². The number of nitrogens with zero attached hydrogens (tertiary/aromatic N) is 2. The number of hydrogen-bond acceptors (Lipinski definition) is 4. The second-order valence-corrected chi connectivity index (χ2v) is 4.97. The third-order valence-electron chi connectivity index (χ3n) is 2.47. The quantitative estimate of drug-likeness (QED) is 0.872. The molecule has 0 radical (unpaired) electrons. The van der Waals surface area contributed by atoms with Crippen molar-refractivity contribution in [2.45, 2.75) is 0 Å². The Labute approximate surface area is 114 Å². The van der Waals surface area contributed by atoms with E-state index in [1.165, 1.54) is 11.3 Å². The van der Waals surface area contributed by atoms with Crippen molar-refractivity contribution in [3.05, 3.63) is 46.4 Å². The number of amides is 1. The summed E-state index contributed by atoms with van der Waals surface area (Å²) in [5, 5.41) is 0. The van der Waals surface area contributed by atoms with Gasteiger partial charge in [0.15, 0.2) is 0 Å². The minimum atomic E-state index is -0.0995. The van der Waals surface area contributed by atoms with Crippen molar-refractivity contribution in [3.8, 4) is 0 Å². The molecule has 2 N–H and O–H groups in total. The smallest absolute Gasteiger partial charge is 0.269 e. The molecule has 0 spiro atoms. The topological polar surface area (TPSA) is 59.2 Å². The van der Waals surface area contributed by atoms with Gasteiger partial charge in [-0.2, -0.15) is 0 Å². The van der Waals surface area contributed by atoms with Gasteiger partial charge in [0.25, 0.3) is 5.91 Å². The summed E-state index contributed by atoms with van der Waals surface area (Å²) in [6.45, 7) is 0. The normalized spacial score (nSPS) is 10.1. The maximum absolute atomic E-state index is 12.1. The number of anilines is 1. The lowest BCUT2D eigenvalue weighted by atomic mass is 10.2. The van der Waals surface area contributed by atoms with Crippen molar-refractivity contribution < 1.29 is 4.79 Å². The van der Waals surface area contributed by atoms with E-state index in [0.717, 1.165) is 11.3 Å². The van der Waals surface area contributed by atoms with Gasteiger partial charge in [-0.05, 0) is 12.1 Å². The number of carbonyl (C=O) groups excluding carboxylic acids is 1. The van der Waals surface area contributed by atoms with E-state index in [-0.39, 0.29) is 5.91 Å². The summed E-state index contributed by atoms with van der Waals surface area (Å²) in [5.41, 5.74) is 8.70. The first-order chi connectivity index (χ1) is 8.59. The van der Waals surface area contributed by atoms with Crippen LogP contribution in [0.1, 0.15) is 15.2 Å². The lowest BCUT2D eigenvalue weighted by Gasteiger charge is -2.16. The van der Waals surface area contributed by atoms with Gasteiger partial charge in [0.2, 0.25) is 0 Å². The number of rotatable bonds is 3. The molecule has 2 aromatic rings. The monoisotopic (exact) mass is 277 g/mol. The zero-order valence-electron chi connectivity index (χ0n) is 9.66. The Morgan fingerprint density at radius 1 is 1.50 bits per heavy atom. The highest BCUT2D eigenvalue weighted by molar-refractivity contribution is 7.80. The second kappa shape index (κ2) is 5.24. The van der Waals surface area contributed by atoms with Gasteiger partial charge in [0.05, 0.1) is 11.7 Å². The zero-order chi connectivity index (χ0) is 13.1. The number of benzene rings is 1. The molecular weight excluding hydrogens is 266 g/mol. The Morgan fingerprint density at radius 2 is 2.28 bits per heavy atom. The molecule has 6 heteroatoms. The summed E-state index contributed by atoms with van der Waals surface area (Å²) in [6.07, 6.45) is 1.56. The van der Waals surface area contributed by atoms with Gasteiger partial charge in [-0.1, -0.05) is 24.4 Å². The van der Waals surface area contributed by atoms with E-state index in [4.69, 9.17) is 18.0 Å². The van der Waals surface area contributed by atoms with Gasteiger partial charge in [-0.3, -0.25) is 9.78 Å². The van der Waals surface area contributed by atoms with Crippen LogP contribution >= 0.6 is 23.6 Å². The second-order valence-electron chi connectivity index (χ2n) is 3.64. The lowest BCUT2D eigenvalue weighted by Crippen LogP contribution is -2.25. The molecule has 1 aromatic carbocycles. The Balaban J connectivity index is 2.29. The van der Waals surface area contributed by atoms with E-state index in [0.29, 0.717) is 9.87 Å². The summed E-state index contributed by atoms with van der Waals surface area (Å²) in [7, 11) is 1.71. The van der Waals surface area contributed by atoms with E-state index < -0.39 is 0 Å². The molecular formula is C12H11N3OS2. The van der Waals surface area contributed by atoms with Crippen LogP contribution in [-0.2, 0) is 0 Å². The largest absolute Gasteiger partial charge is 0.389 e. The number of hydrogen-bond donors (Lipinski definition) is 1. The molecule has 92 valence electrons. The predicted octanol–water partition coefficient (Wildman–Crippen LogP) is 2.05. The van der Waals surface area contributed by atoms with E-state index in [2.05, 4.69) is 4.98 Å². The maximum atomic E-state index is 12.1. The van der Waals surface area contributed by atoms with E-state index in [1.54, 1.807) is 29.7 Å². The Hall–Kier alpha value is -1.79. The molecule has 18 heavy (non-hydrogen) atoms. The summed E-state index contributed by atoms with van der Waals surface area (Å²) >= 11 is 6.23. The average molecular weight is 277 g/mol. The molecule has 0 aliphatic rings. The fourth-order valence-electron chi connectivity index (χ4n) is 1.47. The SMILES string of the molecule is CN(C(=O)c1cncs1)c1cccc(C(N)=S)c1. The summed E-state index contributed by atoms with van der Waals surface area (Å²) in [6, 6.07) is 7.26. The van der Waals surface area contributed by atoms with Crippen molar-refractivity contribution in [3.63, 3.8) is 0 Å². The highest BCUT2D eigenvalue weighted by Gasteiger charge is 2.15. The minimum absolute atomic E-state index is 0.0995. The van der Waals surface area contributed by atoms with Crippen LogP contribution in [0.3, 0.4) is 0 Å². The molecule has 0 aliphatic carbocycles. The number of thiocarbonyl (C=S) groups is 1. The van der Waals surface area contributed by atoms with E-state index >= 15 is 0 Å². The molecule has 4 nitrogen and oxygen atoms in total. The van der Waals surface area contributed by atoms with Crippen LogP contribution in [0.25, 0.3) is 0 Å². The number of carbonyl (C=O) groups is 1. The molecule has 1 heterocycles. The number of aromatic nitrogens is 1. The van der Waals surface area contributed by atoms with Gasteiger partial charge in [0, 0.05) is 18.3 Å². The maximum Gasteiger partial charge on any atom is 0.269 e. The Morgan fingerprint density at radius 3 is 2.89 bits per heavy atom. The van der Waals surface area contributed by atoms with Crippen LogP contribution < -0.4 is 10.6 Å². The molecule has 1 aromatic heterocycles. The van der Waals surface area contributed by atoms with Crippen molar-refractivity contribution in [1.29, 1.82) is 0 Å². The van der Waals surface area contributed by atoms with Gasteiger partial charge < -0.3 is 10.6 Å². The third-order valence-corrected chi connectivity index (χ3v) is 3.46. The average Bonchev–Trinajstić information content (AvgIpc) is 2.91. The van der Waals surface area contributed by atoms with Crippen LogP contribution in [0.15, 0.2) is 36.0 Å². The Bertz CT molecular complexity index is 581. The highest BCUT2D eigenvalue weighted by atomic mass is 32.1. The Kier molecular flexibility index (Phi) is 3.69. The molecule has 0 aliphatic heterocycles. The minimum Gasteiger partial charge on any atom is -0.389 e. The van der Waals surface area contributed by atoms with Crippen molar-refractivity contribution in [2.75, 3.05) is 11.9 Å². The molecule has 0 atom stereocenters. The van der Waals surface area contributed by atoms with Crippen LogP contribution in [-0.4, -0.2) is 22.9 Å². The van der Waals surface area contributed by atoms with Crippen LogP contribution in [0, 0.1) is 0 Å². The lowest BCUT2D eigenvalue weighted by molar-refractivity contribution is 0.0996. The summed E-state index contributed by atoms with van der Waals surface area (Å²) < 4.78 is 0. The third kappa shape index (κ3) is 2.55. The van der Waals surface area contributed by atoms with E-state index in [1.807, 2.05) is 18.2 Å². The first-order valence-electron chi connectivity index (χ1n) is 5.16. The van der Waals surface area contributed by atoms with Gasteiger partial charge in [-0.15, -0.1) is 11.3 Å². The van der Waals surface area contributed by atoms with Crippen LogP contribution in [0.4, 0.5) is 5.69 Å². The zero-order valence-corrected chi connectivity index (χ0v) is 11.3. The molecule has 0 bridgehead atoms. The predicted molar refractivity (Wildman–Crippen MR) is 77.2 cm³/mol. The first kappa shape index (κ1) is 12.7. The van der Waals surface area contributed by atoms with Gasteiger partial charge in [0.1, 0.15) is 9.87 Å². The van der Waals surface area contributed by atoms with Crippen molar-refractivity contribution in [1.82, 2.24) is 4.98 Å². The molecule has 0 unspecified atom stereocenters. The first-order valence-corrected chi connectivity index (χ1v) is 6.45. The highest BCUT2D eigenvalue weighted by Crippen LogP contribution is 2.18.